The van der Waals surface area contributed by atoms with E-state index < -0.39 is 10.8 Å². The Morgan fingerprint density at radius 3 is 2.56 bits per heavy atom. The van der Waals surface area contributed by atoms with Crippen LogP contribution in [0.25, 0.3) is 0 Å². The van der Waals surface area contributed by atoms with Crippen LogP contribution in [0.5, 0.6) is 0 Å². The molecule has 0 aromatic heterocycles. The second-order valence-corrected chi connectivity index (χ2v) is 6.60. The van der Waals surface area contributed by atoms with E-state index in [0.717, 1.165) is 12.8 Å². The van der Waals surface area contributed by atoms with Gasteiger partial charge < -0.3 is 10.2 Å². The van der Waals surface area contributed by atoms with Crippen LogP contribution in [0.3, 0.4) is 0 Å². The van der Waals surface area contributed by atoms with Crippen molar-refractivity contribution < 1.29 is 14.5 Å². The average Bonchev–Trinajstić information content (AvgIpc) is 3.52. The molecule has 140 valence electrons. The fourth-order valence-corrected chi connectivity index (χ4v) is 2.99. The van der Waals surface area contributed by atoms with Crippen molar-refractivity contribution in [3.8, 4) is 0 Å². The van der Waals surface area contributed by atoms with Gasteiger partial charge >= 0.3 is 0 Å². The number of hydrogen-bond acceptors (Lipinski definition) is 4. The number of hydrogen-bond donors (Lipinski definition) is 1. The van der Waals surface area contributed by atoms with E-state index >= 15 is 0 Å². The number of para-hydroxylation sites is 1. The molecular formula is C20H21N3O4. The first kappa shape index (κ1) is 18.6. The Kier molecular flexibility index (Phi) is 5.21. The third-order valence-electron chi connectivity index (χ3n) is 4.69. The Hall–Kier alpha value is -3.22. The molecule has 3 rings (SSSR count). The molecular weight excluding hydrogens is 346 g/mol. The van der Waals surface area contributed by atoms with Crippen molar-refractivity contribution in [2.75, 3.05) is 17.3 Å². The zero-order chi connectivity index (χ0) is 19.6. The number of rotatable bonds is 6. The summed E-state index contributed by atoms with van der Waals surface area (Å²) in [6, 6.07) is 11.5. The first-order valence-corrected chi connectivity index (χ1v) is 8.87. The fraction of sp³-hybridized carbons (Fsp3) is 0.300. The summed E-state index contributed by atoms with van der Waals surface area (Å²) in [6.45, 7) is 1.84. The summed E-state index contributed by atoms with van der Waals surface area (Å²) in [4.78, 5) is 37.4. The Labute approximate surface area is 157 Å². The number of anilines is 2. The number of benzene rings is 2. The number of carbonyl (C=O) groups is 2. The van der Waals surface area contributed by atoms with Crippen LogP contribution in [0.2, 0.25) is 0 Å². The van der Waals surface area contributed by atoms with Crippen LogP contribution < -0.4 is 10.2 Å². The normalized spacial score (nSPS) is 13.1. The fourth-order valence-electron chi connectivity index (χ4n) is 2.99. The smallest absolute Gasteiger partial charge is 0.274 e. The molecule has 1 aliphatic rings. The van der Waals surface area contributed by atoms with Gasteiger partial charge in [-0.25, -0.2) is 0 Å². The minimum atomic E-state index is -0.454. The lowest BCUT2D eigenvalue weighted by Crippen LogP contribution is -2.29. The van der Waals surface area contributed by atoms with Gasteiger partial charge in [-0.2, -0.15) is 0 Å². The zero-order valence-corrected chi connectivity index (χ0v) is 15.3. The topological polar surface area (TPSA) is 92.6 Å². The van der Waals surface area contributed by atoms with Crippen LogP contribution >= 0.6 is 0 Å². The molecule has 0 bridgehead atoms. The maximum atomic E-state index is 12.8. The molecule has 7 heteroatoms. The number of carbonyl (C=O) groups excluding carboxylic acids is 2. The van der Waals surface area contributed by atoms with E-state index in [-0.39, 0.29) is 17.5 Å². The molecule has 7 nitrogen and oxygen atoms in total. The second kappa shape index (κ2) is 7.57. The van der Waals surface area contributed by atoms with Crippen LogP contribution in [0.4, 0.5) is 17.1 Å². The van der Waals surface area contributed by atoms with Gasteiger partial charge in [-0.1, -0.05) is 25.1 Å². The van der Waals surface area contributed by atoms with Gasteiger partial charge in [0.2, 0.25) is 5.91 Å². The van der Waals surface area contributed by atoms with Gasteiger partial charge in [-0.3, -0.25) is 19.7 Å². The van der Waals surface area contributed by atoms with Gasteiger partial charge in [0.25, 0.3) is 11.6 Å². The molecule has 2 aromatic rings. The van der Waals surface area contributed by atoms with Crippen LogP contribution in [0, 0.1) is 16.0 Å². The summed E-state index contributed by atoms with van der Waals surface area (Å²) in [5.41, 5.74) is 1.79. The van der Waals surface area contributed by atoms with Crippen molar-refractivity contribution in [2.45, 2.75) is 26.2 Å². The first-order valence-electron chi connectivity index (χ1n) is 8.87. The average molecular weight is 367 g/mol. The van der Waals surface area contributed by atoms with Gasteiger partial charge in [-0.15, -0.1) is 0 Å². The highest BCUT2D eigenvalue weighted by atomic mass is 16.6. The molecule has 0 radical (unpaired) electrons. The standard InChI is InChI=1S/C20H21N3O4/c1-3-13-10-11-15(12-18(13)23(26)27)21-19(24)16-6-4-5-7-17(16)22(2)20(25)14-8-9-14/h4-7,10-12,14H,3,8-9H2,1-2H3,(H,21,24). The van der Waals surface area contributed by atoms with Crippen molar-refractivity contribution in [1.29, 1.82) is 0 Å². The lowest BCUT2D eigenvalue weighted by atomic mass is 10.1. The number of nitro benzene ring substituents is 1. The summed E-state index contributed by atoms with van der Waals surface area (Å²) in [7, 11) is 1.66. The van der Waals surface area contributed by atoms with E-state index in [4.69, 9.17) is 0 Å². The van der Waals surface area contributed by atoms with Crippen molar-refractivity contribution >= 4 is 28.9 Å². The minimum Gasteiger partial charge on any atom is -0.322 e. The molecule has 0 saturated heterocycles. The molecule has 1 aliphatic carbocycles. The number of amides is 2. The molecule has 1 fully saturated rings. The van der Waals surface area contributed by atoms with Crippen molar-refractivity contribution in [2.24, 2.45) is 5.92 Å². The highest BCUT2D eigenvalue weighted by Gasteiger charge is 2.33. The van der Waals surface area contributed by atoms with Crippen molar-refractivity contribution in [1.82, 2.24) is 0 Å². The molecule has 0 heterocycles. The van der Waals surface area contributed by atoms with E-state index in [1.165, 1.54) is 11.0 Å². The quantitative estimate of drug-likeness (QED) is 0.621. The summed E-state index contributed by atoms with van der Waals surface area (Å²) in [5, 5.41) is 13.9. The third-order valence-corrected chi connectivity index (χ3v) is 4.69. The SMILES string of the molecule is CCc1ccc(NC(=O)c2ccccc2N(C)C(=O)C2CC2)cc1[N+](=O)[O-]. The van der Waals surface area contributed by atoms with Crippen molar-refractivity contribution in [3.63, 3.8) is 0 Å². The van der Waals surface area contributed by atoms with E-state index in [9.17, 15) is 19.7 Å². The number of nitro groups is 1. The molecule has 0 aliphatic heterocycles. The predicted octanol–water partition coefficient (Wildman–Crippen LogP) is 3.78. The van der Waals surface area contributed by atoms with Gasteiger partial charge in [0.05, 0.1) is 16.2 Å². The summed E-state index contributed by atoms with van der Waals surface area (Å²) >= 11 is 0. The van der Waals surface area contributed by atoms with Crippen molar-refractivity contribution in [3.05, 3.63) is 63.7 Å². The maximum Gasteiger partial charge on any atom is 0.274 e. The van der Waals surface area contributed by atoms with Gasteiger partial charge in [0, 0.05) is 30.3 Å². The Bertz CT molecular complexity index is 906. The molecule has 1 N–H and O–H groups in total. The van der Waals surface area contributed by atoms with Crippen LogP contribution in [0.15, 0.2) is 42.5 Å². The summed E-state index contributed by atoms with van der Waals surface area (Å²) in [6.07, 6.45) is 2.29. The number of nitrogens with zero attached hydrogens (tertiary/aromatic N) is 2. The first-order chi connectivity index (χ1) is 12.9. The molecule has 0 spiro atoms. The van der Waals surface area contributed by atoms with Crippen LogP contribution in [0.1, 0.15) is 35.7 Å². The van der Waals surface area contributed by atoms with E-state index in [1.807, 2.05) is 6.92 Å². The molecule has 0 unspecified atom stereocenters. The van der Waals surface area contributed by atoms with E-state index in [2.05, 4.69) is 5.32 Å². The summed E-state index contributed by atoms with van der Waals surface area (Å²) in [5.74, 6) is -0.381. The van der Waals surface area contributed by atoms with E-state index in [1.54, 1.807) is 43.4 Å². The predicted molar refractivity (Wildman–Crippen MR) is 103 cm³/mol. The van der Waals surface area contributed by atoms with Gasteiger partial charge in [0.15, 0.2) is 0 Å². The van der Waals surface area contributed by atoms with Gasteiger partial charge in [-0.05, 0) is 37.5 Å². The third kappa shape index (κ3) is 3.97. The Balaban J connectivity index is 1.86. The van der Waals surface area contributed by atoms with Crippen LogP contribution in [-0.4, -0.2) is 23.8 Å². The monoisotopic (exact) mass is 367 g/mol. The molecule has 0 atom stereocenters. The minimum absolute atomic E-state index is 0.00168. The second-order valence-electron chi connectivity index (χ2n) is 6.60. The highest BCUT2D eigenvalue weighted by molar-refractivity contribution is 6.11. The Morgan fingerprint density at radius 2 is 1.93 bits per heavy atom. The molecule has 27 heavy (non-hydrogen) atoms. The lowest BCUT2D eigenvalue weighted by Gasteiger charge is -2.20. The molecule has 2 amide bonds. The zero-order valence-electron chi connectivity index (χ0n) is 15.3. The molecule has 1 saturated carbocycles. The summed E-state index contributed by atoms with van der Waals surface area (Å²) < 4.78 is 0. The van der Waals surface area contributed by atoms with Gasteiger partial charge in [0.1, 0.15) is 0 Å². The largest absolute Gasteiger partial charge is 0.322 e. The van der Waals surface area contributed by atoms with E-state index in [0.29, 0.717) is 28.9 Å². The lowest BCUT2D eigenvalue weighted by molar-refractivity contribution is -0.385. The highest BCUT2D eigenvalue weighted by Crippen LogP contribution is 2.33. The van der Waals surface area contributed by atoms with Crippen LogP contribution in [-0.2, 0) is 11.2 Å². The maximum absolute atomic E-state index is 12.8. The molecule has 2 aromatic carbocycles. The number of nitrogens with one attached hydrogen (secondary N) is 1. The Morgan fingerprint density at radius 1 is 1.22 bits per heavy atom. The number of aryl methyl sites for hydroxylation is 1.